The molecule has 1 radical (unpaired) electrons. The molecule has 1 aromatic rings. The van der Waals surface area contributed by atoms with Gasteiger partial charge in [-0.25, -0.2) is 0 Å². The predicted octanol–water partition coefficient (Wildman–Crippen LogP) is 4.18. The maximum Gasteiger partial charge on any atom is 0.224 e. The van der Waals surface area contributed by atoms with Gasteiger partial charge in [0, 0.05) is 31.2 Å². The molecular weight excluding hydrogens is 424 g/mol. The van der Waals surface area contributed by atoms with Crippen LogP contribution in [0.15, 0.2) is 24.3 Å². The molecule has 34 heavy (non-hydrogen) atoms. The summed E-state index contributed by atoms with van der Waals surface area (Å²) in [6.07, 6.45) is 8.10. The minimum atomic E-state index is -0.423. The summed E-state index contributed by atoms with van der Waals surface area (Å²) in [5, 5.41) is 3.11. The van der Waals surface area contributed by atoms with E-state index in [0.717, 1.165) is 25.9 Å². The minimum Gasteiger partial charge on any atom is -0.369 e. The highest BCUT2D eigenvalue weighted by Crippen LogP contribution is 2.21. The van der Waals surface area contributed by atoms with Crippen molar-refractivity contribution in [2.75, 3.05) is 37.6 Å². The molecule has 6 heteroatoms. The van der Waals surface area contributed by atoms with Crippen molar-refractivity contribution in [3.63, 3.8) is 0 Å². The highest BCUT2D eigenvalue weighted by atomic mass is 16.2. The molecule has 2 amide bonds. The fourth-order valence-corrected chi connectivity index (χ4v) is 4.36. The van der Waals surface area contributed by atoms with Crippen LogP contribution in [0.5, 0.6) is 0 Å². The Labute approximate surface area is 207 Å². The molecule has 1 heterocycles. The van der Waals surface area contributed by atoms with Crippen molar-refractivity contribution in [3.8, 4) is 0 Å². The highest BCUT2D eigenvalue weighted by molar-refractivity contribution is 5.86. The molecule has 0 saturated carbocycles. The van der Waals surface area contributed by atoms with E-state index in [1.54, 1.807) is 6.92 Å². The van der Waals surface area contributed by atoms with Crippen LogP contribution in [-0.4, -0.2) is 55.0 Å². The van der Waals surface area contributed by atoms with Crippen molar-refractivity contribution >= 4 is 17.5 Å². The molecule has 2 rings (SSSR count). The van der Waals surface area contributed by atoms with E-state index in [1.807, 2.05) is 13.8 Å². The molecule has 3 N–H and O–H groups in total. The Morgan fingerprint density at radius 1 is 1.12 bits per heavy atom. The first-order chi connectivity index (χ1) is 16.1. The highest BCUT2D eigenvalue weighted by Gasteiger charge is 2.25. The molecule has 1 atom stereocenters. The lowest BCUT2D eigenvalue weighted by Crippen LogP contribution is -2.52. The SMILES string of the molecule is CC(C)CCN(CC(C)(C)NC(=O)[CH]CC(C)C(N)=O)c1ccc(CCN2CCCCC2)cc1. The molecule has 1 unspecified atom stereocenters. The lowest BCUT2D eigenvalue weighted by Gasteiger charge is -2.35. The van der Waals surface area contributed by atoms with Gasteiger partial charge in [-0.3, -0.25) is 9.59 Å². The van der Waals surface area contributed by atoms with Crippen LogP contribution in [0.25, 0.3) is 0 Å². The van der Waals surface area contributed by atoms with Gasteiger partial charge in [0.1, 0.15) is 0 Å². The fourth-order valence-electron chi connectivity index (χ4n) is 4.36. The summed E-state index contributed by atoms with van der Waals surface area (Å²) in [6.45, 7) is 15.6. The largest absolute Gasteiger partial charge is 0.369 e. The van der Waals surface area contributed by atoms with E-state index in [1.165, 1.54) is 50.0 Å². The number of carbonyl (C=O) groups excluding carboxylic acids is 2. The maximum atomic E-state index is 12.5. The van der Waals surface area contributed by atoms with Crippen LogP contribution in [0.3, 0.4) is 0 Å². The third kappa shape index (κ3) is 10.5. The molecule has 191 valence electrons. The van der Waals surface area contributed by atoms with Gasteiger partial charge in [0.05, 0.1) is 12.0 Å². The molecule has 1 aliphatic rings. The van der Waals surface area contributed by atoms with Crippen LogP contribution in [0.4, 0.5) is 5.69 Å². The van der Waals surface area contributed by atoms with E-state index in [0.29, 0.717) is 18.9 Å². The van der Waals surface area contributed by atoms with Gasteiger partial charge in [-0.05, 0) is 82.7 Å². The van der Waals surface area contributed by atoms with Crippen molar-refractivity contribution in [1.29, 1.82) is 0 Å². The summed E-state index contributed by atoms with van der Waals surface area (Å²) in [6, 6.07) is 8.97. The van der Waals surface area contributed by atoms with Gasteiger partial charge in [0.15, 0.2) is 0 Å². The van der Waals surface area contributed by atoms with Crippen molar-refractivity contribution in [2.45, 2.75) is 78.7 Å². The van der Waals surface area contributed by atoms with Gasteiger partial charge < -0.3 is 20.9 Å². The number of rotatable bonds is 14. The molecule has 0 aromatic heterocycles. The average molecular weight is 472 g/mol. The zero-order valence-electron chi connectivity index (χ0n) is 22.1. The van der Waals surface area contributed by atoms with Crippen molar-refractivity contribution in [1.82, 2.24) is 10.2 Å². The van der Waals surface area contributed by atoms with Gasteiger partial charge in [-0.15, -0.1) is 0 Å². The van der Waals surface area contributed by atoms with E-state index >= 15 is 0 Å². The second-order valence-corrected chi connectivity index (χ2v) is 11.0. The van der Waals surface area contributed by atoms with E-state index in [2.05, 4.69) is 53.2 Å². The molecule has 0 spiro atoms. The molecule has 6 nitrogen and oxygen atoms in total. The van der Waals surface area contributed by atoms with Crippen LogP contribution < -0.4 is 16.0 Å². The third-order valence-electron chi connectivity index (χ3n) is 6.63. The Hall–Kier alpha value is -2.08. The van der Waals surface area contributed by atoms with Crippen LogP contribution in [-0.2, 0) is 16.0 Å². The zero-order valence-corrected chi connectivity index (χ0v) is 22.1. The van der Waals surface area contributed by atoms with Gasteiger partial charge in [-0.1, -0.05) is 39.3 Å². The van der Waals surface area contributed by atoms with Gasteiger partial charge in [-0.2, -0.15) is 0 Å². The van der Waals surface area contributed by atoms with E-state index < -0.39 is 5.54 Å². The second kappa shape index (κ2) is 13.7. The second-order valence-electron chi connectivity index (χ2n) is 11.0. The van der Waals surface area contributed by atoms with Crippen LogP contribution in [0.1, 0.15) is 72.3 Å². The number of anilines is 1. The number of likely N-dealkylation sites (tertiary alicyclic amines) is 1. The number of nitrogens with two attached hydrogens (primary N) is 1. The number of amides is 2. The smallest absolute Gasteiger partial charge is 0.224 e. The van der Waals surface area contributed by atoms with Gasteiger partial charge in [0.25, 0.3) is 0 Å². The first-order valence-electron chi connectivity index (χ1n) is 13.1. The number of hydrogen-bond donors (Lipinski definition) is 2. The van der Waals surface area contributed by atoms with Crippen molar-refractivity contribution < 1.29 is 9.59 Å². The molecule has 0 bridgehead atoms. The topological polar surface area (TPSA) is 78.7 Å². The van der Waals surface area contributed by atoms with Crippen LogP contribution in [0, 0.1) is 18.3 Å². The summed E-state index contributed by atoms with van der Waals surface area (Å²) in [5.41, 5.74) is 7.45. The summed E-state index contributed by atoms with van der Waals surface area (Å²) in [7, 11) is 0. The predicted molar refractivity (Wildman–Crippen MR) is 142 cm³/mol. The quantitative estimate of drug-likeness (QED) is 0.427. The number of nitrogens with one attached hydrogen (secondary N) is 1. The zero-order chi connectivity index (χ0) is 25.1. The average Bonchev–Trinajstić information content (AvgIpc) is 2.79. The monoisotopic (exact) mass is 471 g/mol. The van der Waals surface area contributed by atoms with Crippen molar-refractivity contribution in [3.05, 3.63) is 36.2 Å². The lowest BCUT2D eigenvalue weighted by molar-refractivity contribution is -0.121. The standard InChI is InChI=1S/C28H47N4O2/c1-22(2)15-20-32(21-28(4,5)30-26(33)14-9-23(3)27(29)34)25-12-10-24(11-13-25)16-19-31-17-7-6-8-18-31/h10-14,22-23H,6-9,15-21H2,1-5H3,(H2,29,34)(H,30,33). The summed E-state index contributed by atoms with van der Waals surface area (Å²) in [4.78, 5) is 28.7. The first-order valence-corrected chi connectivity index (χ1v) is 13.1. The molecular formula is C28H47N4O2. The molecule has 1 fully saturated rings. The molecule has 1 aliphatic heterocycles. The van der Waals surface area contributed by atoms with Gasteiger partial charge in [0.2, 0.25) is 11.8 Å². The van der Waals surface area contributed by atoms with Crippen molar-refractivity contribution in [2.24, 2.45) is 17.6 Å². The van der Waals surface area contributed by atoms with Gasteiger partial charge >= 0.3 is 0 Å². The van der Waals surface area contributed by atoms with Crippen LogP contribution in [0.2, 0.25) is 0 Å². The Morgan fingerprint density at radius 3 is 2.35 bits per heavy atom. The Kier molecular flexibility index (Phi) is 11.4. The Balaban J connectivity index is 1.97. The number of hydrogen-bond acceptors (Lipinski definition) is 4. The minimum absolute atomic E-state index is 0.157. The summed E-state index contributed by atoms with van der Waals surface area (Å²) >= 11 is 0. The van der Waals surface area contributed by atoms with E-state index in [-0.39, 0.29) is 17.7 Å². The number of primary amides is 1. The molecule has 0 aliphatic carbocycles. The van der Waals surface area contributed by atoms with E-state index in [9.17, 15) is 9.59 Å². The molecule has 1 saturated heterocycles. The van der Waals surface area contributed by atoms with Crippen LogP contribution >= 0.6 is 0 Å². The first kappa shape index (κ1) is 28.2. The Morgan fingerprint density at radius 2 is 1.76 bits per heavy atom. The summed E-state index contributed by atoms with van der Waals surface area (Å²) in [5.74, 6) is -0.282. The third-order valence-corrected chi connectivity index (χ3v) is 6.63. The summed E-state index contributed by atoms with van der Waals surface area (Å²) < 4.78 is 0. The lowest BCUT2D eigenvalue weighted by atomic mass is 10.0. The van der Waals surface area contributed by atoms with E-state index in [4.69, 9.17) is 5.73 Å². The number of piperidine rings is 1. The maximum absolute atomic E-state index is 12.5. The number of benzene rings is 1. The Bertz CT molecular complexity index is 754. The number of carbonyl (C=O) groups is 2. The number of nitrogens with zero attached hydrogens (tertiary/aromatic N) is 2. The fraction of sp³-hybridized carbons (Fsp3) is 0.679. The normalized spacial score (nSPS) is 15.8. The molecule has 1 aromatic carbocycles.